The molecule has 4 rings (SSSR count). The fraction of sp³-hybridized carbons (Fsp3) is 0.500. The van der Waals surface area contributed by atoms with E-state index in [1.807, 2.05) is 42.5 Å². The molecule has 0 unspecified atom stereocenters. The van der Waals surface area contributed by atoms with Gasteiger partial charge in [0.1, 0.15) is 5.60 Å². The number of benzene rings is 2. The fourth-order valence-electron chi connectivity index (χ4n) is 5.74. The van der Waals surface area contributed by atoms with Gasteiger partial charge in [-0.05, 0) is 75.1 Å². The molecule has 6 heteroatoms. The maximum atomic E-state index is 12.9. The molecule has 6 nitrogen and oxygen atoms in total. The van der Waals surface area contributed by atoms with Crippen molar-refractivity contribution in [1.82, 2.24) is 9.80 Å². The highest BCUT2D eigenvalue weighted by molar-refractivity contribution is 5.92. The number of fused-ring (bicyclic) bond motifs is 2. The second-order valence-corrected chi connectivity index (χ2v) is 10.4. The smallest absolute Gasteiger partial charge is 0.254 e. The maximum Gasteiger partial charge on any atom is 0.254 e. The zero-order valence-corrected chi connectivity index (χ0v) is 20.3. The fourth-order valence-corrected chi connectivity index (χ4v) is 5.74. The Morgan fingerprint density at radius 2 is 1.74 bits per heavy atom. The van der Waals surface area contributed by atoms with Gasteiger partial charge in [0.05, 0.1) is 0 Å². The van der Waals surface area contributed by atoms with Gasteiger partial charge >= 0.3 is 0 Å². The summed E-state index contributed by atoms with van der Waals surface area (Å²) in [5.74, 6) is -0.144. The van der Waals surface area contributed by atoms with E-state index in [4.69, 9.17) is 5.73 Å². The second kappa shape index (κ2) is 10.3. The number of nitrogens with zero attached hydrogens (tertiary/aromatic N) is 2. The largest absolute Gasteiger partial charge is 0.381 e. The number of hydrogen-bond acceptors (Lipinski definition) is 4. The number of aliphatic hydroxyl groups is 1. The molecule has 2 fully saturated rings. The lowest BCUT2D eigenvalue weighted by Gasteiger charge is -2.39. The predicted molar refractivity (Wildman–Crippen MR) is 133 cm³/mol. The van der Waals surface area contributed by atoms with E-state index < -0.39 is 5.60 Å². The lowest BCUT2D eigenvalue weighted by Crippen LogP contribution is -2.47. The summed E-state index contributed by atoms with van der Waals surface area (Å²) >= 11 is 0. The molecule has 2 amide bonds. The molecule has 2 aromatic rings. The summed E-state index contributed by atoms with van der Waals surface area (Å²) in [7, 11) is 0. The zero-order chi connectivity index (χ0) is 24.3. The average Bonchev–Trinajstić information content (AvgIpc) is 3.04. The molecule has 3 atom stereocenters. The van der Waals surface area contributed by atoms with Crippen molar-refractivity contribution in [3.8, 4) is 0 Å². The van der Waals surface area contributed by atoms with Crippen LogP contribution < -0.4 is 5.73 Å². The first kappa shape index (κ1) is 24.4. The summed E-state index contributed by atoms with van der Waals surface area (Å²) in [6.45, 7) is 5.21. The van der Waals surface area contributed by atoms with Crippen LogP contribution in [-0.4, -0.2) is 57.5 Å². The summed E-state index contributed by atoms with van der Waals surface area (Å²) < 4.78 is 0. The first-order chi connectivity index (χ1) is 16.2. The SMILES string of the molecule is CC(C)(O)C(=O)N(CCCN1[C@@H]2CC[C@H]1C[C@@H](c1cccc(C(N)=O)c1)C2)Cc1ccccc1. The molecule has 2 aliphatic heterocycles. The molecule has 0 saturated carbocycles. The van der Waals surface area contributed by atoms with Gasteiger partial charge < -0.3 is 15.7 Å². The number of piperidine rings is 1. The molecule has 2 saturated heterocycles. The van der Waals surface area contributed by atoms with Crippen LogP contribution in [0.5, 0.6) is 0 Å². The summed E-state index contributed by atoms with van der Waals surface area (Å²) in [6.07, 6.45) is 5.47. The molecule has 3 N–H and O–H groups in total. The van der Waals surface area contributed by atoms with Crippen LogP contribution in [0.4, 0.5) is 0 Å². The number of rotatable bonds is 9. The number of carbonyl (C=O) groups is 2. The Morgan fingerprint density at radius 1 is 1.06 bits per heavy atom. The average molecular weight is 464 g/mol. The van der Waals surface area contributed by atoms with Crippen molar-refractivity contribution in [3.05, 3.63) is 71.3 Å². The predicted octanol–water partition coefficient (Wildman–Crippen LogP) is 3.69. The molecule has 2 heterocycles. The van der Waals surface area contributed by atoms with Crippen molar-refractivity contribution >= 4 is 11.8 Å². The Morgan fingerprint density at radius 3 is 2.35 bits per heavy atom. The van der Waals surface area contributed by atoms with E-state index in [9.17, 15) is 14.7 Å². The quantitative estimate of drug-likeness (QED) is 0.594. The number of primary amides is 1. The minimum atomic E-state index is -1.38. The van der Waals surface area contributed by atoms with Crippen molar-refractivity contribution < 1.29 is 14.7 Å². The van der Waals surface area contributed by atoms with E-state index in [1.54, 1.807) is 24.8 Å². The first-order valence-electron chi connectivity index (χ1n) is 12.4. The van der Waals surface area contributed by atoms with Gasteiger partial charge in [0.25, 0.3) is 5.91 Å². The van der Waals surface area contributed by atoms with Gasteiger partial charge in [-0.1, -0.05) is 42.5 Å². The van der Waals surface area contributed by atoms with Crippen LogP contribution in [0.15, 0.2) is 54.6 Å². The Hall–Kier alpha value is -2.70. The van der Waals surface area contributed by atoms with Crippen LogP contribution in [0.1, 0.15) is 73.4 Å². The first-order valence-corrected chi connectivity index (χ1v) is 12.4. The van der Waals surface area contributed by atoms with Gasteiger partial charge in [-0.2, -0.15) is 0 Å². The summed E-state index contributed by atoms with van der Waals surface area (Å²) in [5, 5.41) is 10.3. The van der Waals surface area contributed by atoms with E-state index in [2.05, 4.69) is 11.0 Å². The second-order valence-electron chi connectivity index (χ2n) is 10.4. The highest BCUT2D eigenvalue weighted by Crippen LogP contribution is 2.43. The monoisotopic (exact) mass is 463 g/mol. The minimum Gasteiger partial charge on any atom is -0.381 e. The highest BCUT2D eigenvalue weighted by Gasteiger charge is 2.41. The lowest BCUT2D eigenvalue weighted by atomic mass is 9.84. The van der Waals surface area contributed by atoms with Gasteiger partial charge in [-0.25, -0.2) is 0 Å². The van der Waals surface area contributed by atoms with Gasteiger partial charge in [0.15, 0.2) is 0 Å². The van der Waals surface area contributed by atoms with Crippen molar-refractivity contribution in [2.75, 3.05) is 13.1 Å². The molecule has 0 radical (unpaired) electrons. The molecule has 0 aromatic heterocycles. The van der Waals surface area contributed by atoms with E-state index in [-0.39, 0.29) is 11.8 Å². The van der Waals surface area contributed by atoms with Crippen molar-refractivity contribution in [3.63, 3.8) is 0 Å². The lowest BCUT2D eigenvalue weighted by molar-refractivity contribution is -0.148. The van der Waals surface area contributed by atoms with Crippen LogP contribution in [-0.2, 0) is 11.3 Å². The molecule has 2 bridgehead atoms. The van der Waals surface area contributed by atoms with E-state index in [1.165, 1.54) is 18.4 Å². The van der Waals surface area contributed by atoms with E-state index in [0.29, 0.717) is 36.7 Å². The minimum absolute atomic E-state index is 0.229. The normalized spacial score (nSPS) is 22.5. The van der Waals surface area contributed by atoms with Crippen molar-refractivity contribution in [2.45, 2.75) is 76.1 Å². The maximum absolute atomic E-state index is 12.9. The van der Waals surface area contributed by atoms with Gasteiger partial charge in [-0.15, -0.1) is 0 Å². The third kappa shape index (κ3) is 5.68. The molecule has 0 spiro atoms. The third-order valence-corrected chi connectivity index (χ3v) is 7.40. The van der Waals surface area contributed by atoms with Crippen LogP contribution in [0.25, 0.3) is 0 Å². The van der Waals surface area contributed by atoms with Crippen LogP contribution in [0.2, 0.25) is 0 Å². The molecule has 34 heavy (non-hydrogen) atoms. The van der Waals surface area contributed by atoms with Crippen LogP contribution in [0.3, 0.4) is 0 Å². The highest BCUT2D eigenvalue weighted by atomic mass is 16.3. The zero-order valence-electron chi connectivity index (χ0n) is 20.3. The standard InChI is InChI=1S/C28H37N3O3/c1-28(2,34)27(33)30(19-20-8-4-3-5-9-20)14-7-15-31-24-12-13-25(31)18-23(17-24)21-10-6-11-22(16-21)26(29)32/h3-6,8-11,16,23-25,34H,7,12-15,17-19H2,1-2H3,(H2,29,32)/t23-,24+,25-. The Balaban J connectivity index is 1.36. The van der Waals surface area contributed by atoms with Gasteiger partial charge in [0.2, 0.25) is 5.91 Å². The molecule has 0 aliphatic carbocycles. The topological polar surface area (TPSA) is 86.9 Å². The van der Waals surface area contributed by atoms with E-state index >= 15 is 0 Å². The number of carbonyl (C=O) groups excluding carboxylic acids is 2. The van der Waals surface area contributed by atoms with Gasteiger partial charge in [-0.3, -0.25) is 14.5 Å². The summed E-state index contributed by atoms with van der Waals surface area (Å²) in [5.41, 5.74) is 6.98. The van der Waals surface area contributed by atoms with Crippen molar-refractivity contribution in [1.29, 1.82) is 0 Å². The van der Waals surface area contributed by atoms with E-state index in [0.717, 1.165) is 31.4 Å². The van der Waals surface area contributed by atoms with Crippen molar-refractivity contribution in [2.24, 2.45) is 5.73 Å². The molecule has 182 valence electrons. The number of nitrogens with two attached hydrogens (primary N) is 1. The molecular weight excluding hydrogens is 426 g/mol. The third-order valence-electron chi connectivity index (χ3n) is 7.40. The van der Waals surface area contributed by atoms with Crippen LogP contribution >= 0.6 is 0 Å². The number of amides is 2. The van der Waals surface area contributed by atoms with Gasteiger partial charge in [0, 0.05) is 37.3 Å². The van der Waals surface area contributed by atoms with Crippen LogP contribution in [0, 0.1) is 0 Å². The Bertz CT molecular complexity index is 987. The summed E-state index contributed by atoms with van der Waals surface area (Å²) in [6, 6.07) is 18.8. The molecule has 2 aliphatic rings. The molecular formula is C28H37N3O3. The Labute approximate surface area is 202 Å². The number of hydrogen-bond donors (Lipinski definition) is 2. The molecule has 2 aromatic carbocycles. The summed E-state index contributed by atoms with van der Waals surface area (Å²) in [4.78, 5) is 28.9. The Kier molecular flexibility index (Phi) is 7.39.